The number of methoxy groups -OCH3 is 1. The molecule has 0 aliphatic carbocycles. The topological polar surface area (TPSA) is 114 Å². The zero-order valence-corrected chi connectivity index (χ0v) is 11.8. The number of rotatable bonds is 10. The summed E-state index contributed by atoms with van der Waals surface area (Å²) >= 11 is 0. The van der Waals surface area contributed by atoms with E-state index in [0.29, 0.717) is 13.2 Å². The van der Waals surface area contributed by atoms with Gasteiger partial charge in [-0.05, 0) is 6.42 Å². The number of carbonyl (C=O) groups is 3. The van der Waals surface area contributed by atoms with E-state index in [1.165, 1.54) is 0 Å². The van der Waals surface area contributed by atoms with Crippen LogP contribution in [-0.4, -0.2) is 56.0 Å². The predicted molar refractivity (Wildman–Crippen MR) is 70.3 cm³/mol. The van der Waals surface area contributed by atoms with Gasteiger partial charge in [0.25, 0.3) is 0 Å². The quantitative estimate of drug-likeness (QED) is 0.389. The minimum absolute atomic E-state index is 0.264. The van der Waals surface area contributed by atoms with E-state index in [4.69, 9.17) is 9.84 Å². The summed E-state index contributed by atoms with van der Waals surface area (Å²) in [4.78, 5) is 33.3. The van der Waals surface area contributed by atoms with Crippen molar-refractivity contribution in [1.29, 1.82) is 0 Å². The van der Waals surface area contributed by atoms with E-state index >= 15 is 0 Å². The van der Waals surface area contributed by atoms with Crippen LogP contribution in [0, 0.1) is 0 Å². The van der Waals surface area contributed by atoms with E-state index in [1.807, 2.05) is 6.92 Å². The predicted octanol–water partition coefficient (Wildman–Crippen LogP) is 0.119. The van der Waals surface area contributed by atoms with Gasteiger partial charge in [0.05, 0.1) is 20.1 Å². The Kier molecular flexibility index (Phi) is 10.0. The second-order valence-electron chi connectivity index (χ2n) is 4.04. The summed E-state index contributed by atoms with van der Waals surface area (Å²) in [7, 11) is 1.15. The summed E-state index contributed by atoms with van der Waals surface area (Å²) in [6.45, 7) is 3.28. The van der Waals surface area contributed by atoms with Gasteiger partial charge in [0, 0.05) is 13.2 Å². The molecule has 8 nitrogen and oxygen atoms in total. The SMILES string of the molecule is CCCCOCCNC(=O)N[C@@H](CC(=O)OC)C(=O)O. The van der Waals surface area contributed by atoms with Crippen LogP contribution in [0.15, 0.2) is 0 Å². The molecule has 0 aliphatic heterocycles. The molecule has 0 unspecified atom stereocenters. The average molecular weight is 290 g/mol. The highest BCUT2D eigenvalue weighted by Gasteiger charge is 2.23. The normalized spacial score (nSPS) is 11.5. The summed E-state index contributed by atoms with van der Waals surface area (Å²) in [5.74, 6) is -2.01. The van der Waals surface area contributed by atoms with Gasteiger partial charge in [0.1, 0.15) is 6.04 Å². The van der Waals surface area contributed by atoms with Gasteiger partial charge in [-0.1, -0.05) is 13.3 Å². The lowest BCUT2D eigenvalue weighted by Gasteiger charge is -2.14. The lowest BCUT2D eigenvalue weighted by Crippen LogP contribution is -2.47. The van der Waals surface area contributed by atoms with Crippen LogP contribution in [0.25, 0.3) is 0 Å². The van der Waals surface area contributed by atoms with E-state index in [9.17, 15) is 14.4 Å². The molecule has 0 aromatic carbocycles. The molecule has 0 aromatic rings. The molecule has 0 saturated heterocycles. The Balaban J connectivity index is 3.90. The molecule has 2 amide bonds. The average Bonchev–Trinajstić information content (AvgIpc) is 2.41. The van der Waals surface area contributed by atoms with Crippen molar-refractivity contribution in [2.45, 2.75) is 32.2 Å². The number of nitrogens with one attached hydrogen (secondary N) is 2. The Bertz CT molecular complexity index is 321. The molecule has 0 heterocycles. The van der Waals surface area contributed by atoms with Crippen LogP contribution in [0.3, 0.4) is 0 Å². The molecular formula is C12H22N2O6. The summed E-state index contributed by atoms with van der Waals surface area (Å²) < 4.78 is 9.58. The van der Waals surface area contributed by atoms with Crippen molar-refractivity contribution in [1.82, 2.24) is 10.6 Å². The molecule has 0 bridgehead atoms. The molecule has 0 aliphatic rings. The number of amides is 2. The minimum atomic E-state index is -1.32. The van der Waals surface area contributed by atoms with Crippen molar-refractivity contribution < 1.29 is 29.0 Å². The number of esters is 1. The highest BCUT2D eigenvalue weighted by molar-refractivity contribution is 5.86. The maximum Gasteiger partial charge on any atom is 0.326 e. The van der Waals surface area contributed by atoms with Gasteiger partial charge in [-0.2, -0.15) is 0 Å². The third kappa shape index (κ3) is 9.15. The molecule has 1 atom stereocenters. The van der Waals surface area contributed by atoms with Gasteiger partial charge in [0.15, 0.2) is 0 Å². The third-order valence-electron chi connectivity index (χ3n) is 2.38. The smallest absolute Gasteiger partial charge is 0.326 e. The lowest BCUT2D eigenvalue weighted by atomic mass is 10.2. The first kappa shape index (κ1) is 18.2. The van der Waals surface area contributed by atoms with Crippen LogP contribution >= 0.6 is 0 Å². The Morgan fingerprint density at radius 1 is 1.25 bits per heavy atom. The summed E-state index contributed by atoms with van der Waals surface area (Å²) in [6.07, 6.45) is 1.56. The number of carboxylic acid groups (broad SMARTS) is 1. The molecule has 0 saturated carbocycles. The van der Waals surface area contributed by atoms with Crippen LogP contribution < -0.4 is 10.6 Å². The second kappa shape index (κ2) is 11.0. The highest BCUT2D eigenvalue weighted by atomic mass is 16.5. The van der Waals surface area contributed by atoms with Crippen molar-refractivity contribution in [3.8, 4) is 0 Å². The molecule has 0 spiro atoms. The first-order chi connectivity index (χ1) is 9.51. The number of hydrogen-bond acceptors (Lipinski definition) is 5. The zero-order valence-electron chi connectivity index (χ0n) is 11.8. The number of urea groups is 1. The molecule has 0 aromatic heterocycles. The third-order valence-corrected chi connectivity index (χ3v) is 2.38. The Morgan fingerprint density at radius 2 is 1.95 bits per heavy atom. The van der Waals surface area contributed by atoms with Crippen LogP contribution in [0.4, 0.5) is 4.79 Å². The highest BCUT2D eigenvalue weighted by Crippen LogP contribution is 1.95. The van der Waals surface area contributed by atoms with Crippen molar-refractivity contribution in [2.75, 3.05) is 26.9 Å². The molecule has 0 rings (SSSR count). The number of hydrogen-bond donors (Lipinski definition) is 3. The van der Waals surface area contributed by atoms with Crippen molar-refractivity contribution in [3.05, 3.63) is 0 Å². The Hall–Kier alpha value is -1.83. The molecule has 20 heavy (non-hydrogen) atoms. The van der Waals surface area contributed by atoms with E-state index in [2.05, 4.69) is 15.4 Å². The fourth-order valence-corrected chi connectivity index (χ4v) is 1.24. The molecule has 0 fully saturated rings. The van der Waals surface area contributed by atoms with Crippen LogP contribution in [0.5, 0.6) is 0 Å². The number of aliphatic carboxylic acids is 1. The fraction of sp³-hybridized carbons (Fsp3) is 0.750. The molecular weight excluding hydrogens is 268 g/mol. The molecule has 116 valence electrons. The monoisotopic (exact) mass is 290 g/mol. The molecule has 3 N–H and O–H groups in total. The van der Waals surface area contributed by atoms with Crippen LogP contribution in [0.2, 0.25) is 0 Å². The maximum atomic E-state index is 11.4. The minimum Gasteiger partial charge on any atom is -0.480 e. The number of ether oxygens (including phenoxy) is 2. The van der Waals surface area contributed by atoms with Crippen molar-refractivity contribution in [2.24, 2.45) is 0 Å². The summed E-state index contributed by atoms with van der Waals surface area (Å²) in [5, 5.41) is 13.5. The van der Waals surface area contributed by atoms with E-state index in [0.717, 1.165) is 20.0 Å². The van der Waals surface area contributed by atoms with E-state index in [1.54, 1.807) is 0 Å². The summed E-state index contributed by atoms with van der Waals surface area (Å²) in [5.41, 5.74) is 0. The Morgan fingerprint density at radius 3 is 2.50 bits per heavy atom. The van der Waals surface area contributed by atoms with Crippen LogP contribution in [0.1, 0.15) is 26.2 Å². The number of carboxylic acids is 1. The van der Waals surface area contributed by atoms with Crippen molar-refractivity contribution >= 4 is 18.0 Å². The zero-order chi connectivity index (χ0) is 15.4. The first-order valence-electron chi connectivity index (χ1n) is 6.43. The van der Waals surface area contributed by atoms with Gasteiger partial charge >= 0.3 is 18.0 Å². The number of unbranched alkanes of at least 4 members (excludes halogenated alkanes) is 1. The van der Waals surface area contributed by atoms with Gasteiger partial charge < -0.3 is 25.2 Å². The van der Waals surface area contributed by atoms with Crippen LogP contribution in [-0.2, 0) is 19.1 Å². The number of carbonyl (C=O) groups excluding carboxylic acids is 2. The molecule has 8 heteroatoms. The van der Waals surface area contributed by atoms with E-state index in [-0.39, 0.29) is 6.54 Å². The first-order valence-corrected chi connectivity index (χ1v) is 6.43. The summed E-state index contributed by atoms with van der Waals surface area (Å²) in [6, 6.07) is -1.98. The standard InChI is InChI=1S/C12H22N2O6/c1-3-4-6-20-7-5-13-12(18)14-9(11(16)17)8-10(15)19-2/h9H,3-8H2,1-2H3,(H,16,17)(H2,13,14,18)/t9-/m0/s1. The largest absolute Gasteiger partial charge is 0.480 e. The van der Waals surface area contributed by atoms with Gasteiger partial charge in [0.2, 0.25) is 0 Å². The van der Waals surface area contributed by atoms with Gasteiger partial charge in [-0.25, -0.2) is 9.59 Å². The van der Waals surface area contributed by atoms with E-state index < -0.39 is 30.4 Å². The lowest BCUT2D eigenvalue weighted by molar-refractivity contribution is -0.147. The van der Waals surface area contributed by atoms with Crippen molar-refractivity contribution in [3.63, 3.8) is 0 Å². The fourth-order valence-electron chi connectivity index (χ4n) is 1.24. The maximum absolute atomic E-state index is 11.4. The second-order valence-corrected chi connectivity index (χ2v) is 4.04. The Labute approximate surface area is 117 Å². The molecule has 0 radical (unpaired) electrons. The van der Waals surface area contributed by atoms with Gasteiger partial charge in [-0.15, -0.1) is 0 Å². The van der Waals surface area contributed by atoms with Gasteiger partial charge in [-0.3, -0.25) is 4.79 Å².